The van der Waals surface area contributed by atoms with E-state index in [1.807, 2.05) is 49.1 Å². The summed E-state index contributed by atoms with van der Waals surface area (Å²) < 4.78 is 6.26. The third-order valence-electron chi connectivity index (χ3n) is 7.17. The maximum atomic E-state index is 13.1. The number of anilines is 1. The summed E-state index contributed by atoms with van der Waals surface area (Å²) >= 11 is 6.07. The second-order valence-electron chi connectivity index (χ2n) is 9.47. The van der Waals surface area contributed by atoms with Gasteiger partial charge in [-0.25, -0.2) is 0 Å². The van der Waals surface area contributed by atoms with E-state index < -0.39 is 6.23 Å². The number of hydrogen-bond acceptors (Lipinski definition) is 6. The first-order valence-electron chi connectivity index (χ1n) is 12.8. The fourth-order valence-corrected chi connectivity index (χ4v) is 5.42. The number of nitrogens with zero attached hydrogens (tertiary/aromatic N) is 4. The summed E-state index contributed by atoms with van der Waals surface area (Å²) in [6.45, 7) is 8.87. The van der Waals surface area contributed by atoms with Gasteiger partial charge in [0.15, 0.2) is 0 Å². The second kappa shape index (κ2) is 12.0. The quantitative estimate of drug-likeness (QED) is 0.353. The Hall–Kier alpha value is -2.68. The summed E-state index contributed by atoms with van der Waals surface area (Å²) in [6, 6.07) is 12.8. The van der Waals surface area contributed by atoms with Gasteiger partial charge in [0.25, 0.3) is 5.69 Å². The lowest BCUT2D eigenvalue weighted by Crippen LogP contribution is -2.45. The van der Waals surface area contributed by atoms with E-state index in [1.165, 1.54) is 0 Å². The van der Waals surface area contributed by atoms with Crippen LogP contribution in [0.4, 0.5) is 11.4 Å². The first-order chi connectivity index (χ1) is 17.4. The van der Waals surface area contributed by atoms with E-state index >= 15 is 0 Å². The summed E-state index contributed by atoms with van der Waals surface area (Å²) in [4.78, 5) is 30.8. The molecule has 9 heteroatoms. The average Bonchev–Trinajstić information content (AvgIpc) is 2.90. The minimum Gasteiger partial charge on any atom is -0.370 e. The van der Waals surface area contributed by atoms with Crippen LogP contribution in [-0.4, -0.2) is 60.0 Å². The Morgan fingerprint density at radius 3 is 2.58 bits per heavy atom. The first kappa shape index (κ1) is 26.4. The van der Waals surface area contributed by atoms with Crippen molar-refractivity contribution in [2.75, 3.05) is 44.2 Å². The Morgan fingerprint density at radius 1 is 1.14 bits per heavy atom. The van der Waals surface area contributed by atoms with E-state index in [2.05, 4.69) is 9.80 Å². The molecule has 2 aromatic rings. The SMILES string of the molecule is CCN(CC)C(=O)[C@H]1CCCN(c2ccc([N+](=O)[O-])cc2[C@@H]2OCCCN2Cc2ccc(Cl)cc2)C1. The third kappa shape index (κ3) is 5.99. The lowest BCUT2D eigenvalue weighted by atomic mass is 9.94. The molecule has 0 bridgehead atoms. The fourth-order valence-electron chi connectivity index (χ4n) is 5.29. The molecular formula is C27H35ClN4O4. The number of nitro groups is 1. The molecule has 8 nitrogen and oxygen atoms in total. The summed E-state index contributed by atoms with van der Waals surface area (Å²) in [6.07, 6.45) is 2.23. The predicted octanol–water partition coefficient (Wildman–Crippen LogP) is 5.25. The minimum atomic E-state index is -0.414. The van der Waals surface area contributed by atoms with Crippen molar-refractivity contribution in [1.29, 1.82) is 0 Å². The fraction of sp³-hybridized carbons (Fsp3) is 0.519. The number of non-ortho nitro benzene ring substituents is 1. The van der Waals surface area contributed by atoms with Crippen LogP contribution in [0.5, 0.6) is 0 Å². The zero-order valence-corrected chi connectivity index (χ0v) is 21.8. The molecule has 0 radical (unpaired) electrons. The van der Waals surface area contributed by atoms with Gasteiger partial charge in [-0.3, -0.25) is 19.8 Å². The van der Waals surface area contributed by atoms with Gasteiger partial charge in [0, 0.05) is 67.7 Å². The average molecular weight is 515 g/mol. The molecule has 0 N–H and O–H groups in total. The minimum absolute atomic E-state index is 0.0437. The van der Waals surface area contributed by atoms with Gasteiger partial charge in [-0.2, -0.15) is 0 Å². The van der Waals surface area contributed by atoms with Gasteiger partial charge < -0.3 is 14.5 Å². The molecule has 0 aromatic heterocycles. The molecule has 0 spiro atoms. The molecule has 36 heavy (non-hydrogen) atoms. The van der Waals surface area contributed by atoms with Crippen LogP contribution in [0.15, 0.2) is 42.5 Å². The molecular weight excluding hydrogens is 480 g/mol. The second-order valence-corrected chi connectivity index (χ2v) is 9.91. The zero-order valence-electron chi connectivity index (χ0n) is 21.1. The Morgan fingerprint density at radius 2 is 1.89 bits per heavy atom. The number of amides is 1. The van der Waals surface area contributed by atoms with E-state index in [-0.39, 0.29) is 22.4 Å². The zero-order chi connectivity index (χ0) is 25.7. The van der Waals surface area contributed by atoms with Crippen molar-refractivity contribution in [1.82, 2.24) is 9.80 Å². The van der Waals surface area contributed by atoms with Crippen LogP contribution in [0.1, 0.15) is 50.5 Å². The highest BCUT2D eigenvalue weighted by Crippen LogP contribution is 2.38. The molecule has 2 heterocycles. The normalized spacial score (nSPS) is 20.8. The van der Waals surface area contributed by atoms with Gasteiger partial charge in [0.1, 0.15) is 6.23 Å². The number of piperidine rings is 1. The third-order valence-corrected chi connectivity index (χ3v) is 7.42. The number of benzene rings is 2. The summed E-state index contributed by atoms with van der Waals surface area (Å²) in [5, 5.41) is 12.4. The highest BCUT2D eigenvalue weighted by atomic mass is 35.5. The lowest BCUT2D eigenvalue weighted by Gasteiger charge is -2.40. The van der Waals surface area contributed by atoms with Crippen LogP contribution in [-0.2, 0) is 16.1 Å². The first-order valence-corrected chi connectivity index (χ1v) is 13.2. The standard InChI is InChI=1S/C27H35ClN4O4/c1-3-29(4-2)26(33)21-7-5-14-30(19-21)25-13-12-23(32(34)35)17-24(25)27-31(15-6-16-36-27)18-20-8-10-22(28)11-9-20/h8-13,17,21,27H,3-7,14-16,18-19H2,1-2H3/t21-,27-/m0/s1. The Bertz CT molecular complexity index is 1060. The van der Waals surface area contributed by atoms with Gasteiger partial charge in [-0.05, 0) is 56.9 Å². The maximum absolute atomic E-state index is 13.1. The molecule has 2 saturated heterocycles. The van der Waals surface area contributed by atoms with Gasteiger partial charge in [-0.1, -0.05) is 23.7 Å². The van der Waals surface area contributed by atoms with Crippen LogP contribution in [0, 0.1) is 16.0 Å². The highest BCUT2D eigenvalue weighted by Gasteiger charge is 2.33. The van der Waals surface area contributed by atoms with E-state index in [9.17, 15) is 14.9 Å². The van der Waals surface area contributed by atoms with Gasteiger partial charge >= 0.3 is 0 Å². The smallest absolute Gasteiger partial charge is 0.270 e. The van der Waals surface area contributed by atoms with Crippen molar-refractivity contribution >= 4 is 28.9 Å². The van der Waals surface area contributed by atoms with Crippen LogP contribution >= 0.6 is 11.6 Å². The number of carbonyl (C=O) groups excluding carboxylic acids is 1. The van der Waals surface area contributed by atoms with Crippen LogP contribution in [0.25, 0.3) is 0 Å². The van der Waals surface area contributed by atoms with Crippen molar-refractivity contribution in [2.24, 2.45) is 5.92 Å². The van der Waals surface area contributed by atoms with Crippen molar-refractivity contribution in [3.05, 3.63) is 68.7 Å². The molecule has 4 rings (SSSR count). The van der Waals surface area contributed by atoms with E-state index in [0.29, 0.717) is 37.8 Å². The Kier molecular flexibility index (Phi) is 8.82. The Balaban J connectivity index is 1.65. The van der Waals surface area contributed by atoms with Crippen molar-refractivity contribution in [2.45, 2.75) is 45.9 Å². The van der Waals surface area contributed by atoms with Crippen molar-refractivity contribution in [3.63, 3.8) is 0 Å². The van der Waals surface area contributed by atoms with Crippen LogP contribution in [0.2, 0.25) is 5.02 Å². The van der Waals surface area contributed by atoms with Crippen molar-refractivity contribution < 1.29 is 14.5 Å². The number of carbonyl (C=O) groups is 1. The Labute approximate surface area is 217 Å². The topological polar surface area (TPSA) is 79.2 Å². The van der Waals surface area contributed by atoms with Crippen LogP contribution in [0.3, 0.4) is 0 Å². The molecule has 0 saturated carbocycles. The maximum Gasteiger partial charge on any atom is 0.270 e. The molecule has 0 aliphatic carbocycles. The summed E-state index contributed by atoms with van der Waals surface area (Å²) in [5.41, 5.74) is 2.84. The number of hydrogen-bond donors (Lipinski definition) is 0. The molecule has 2 fully saturated rings. The molecule has 0 unspecified atom stereocenters. The highest BCUT2D eigenvalue weighted by molar-refractivity contribution is 6.30. The largest absolute Gasteiger partial charge is 0.370 e. The number of rotatable bonds is 8. The van der Waals surface area contributed by atoms with Crippen molar-refractivity contribution in [3.8, 4) is 0 Å². The van der Waals surface area contributed by atoms with Gasteiger partial charge in [-0.15, -0.1) is 0 Å². The number of nitro benzene ring substituents is 1. The molecule has 2 aromatic carbocycles. The van der Waals surface area contributed by atoms with Gasteiger partial charge in [0.2, 0.25) is 5.91 Å². The van der Waals surface area contributed by atoms with E-state index in [4.69, 9.17) is 16.3 Å². The molecule has 2 aliphatic rings. The lowest BCUT2D eigenvalue weighted by molar-refractivity contribution is -0.385. The summed E-state index contributed by atoms with van der Waals surface area (Å²) in [7, 11) is 0. The van der Waals surface area contributed by atoms with Crippen LogP contribution < -0.4 is 4.90 Å². The monoisotopic (exact) mass is 514 g/mol. The molecule has 2 aliphatic heterocycles. The van der Waals surface area contributed by atoms with E-state index in [0.717, 1.165) is 49.2 Å². The number of halogens is 1. The van der Waals surface area contributed by atoms with E-state index in [1.54, 1.807) is 12.1 Å². The molecule has 1 amide bonds. The van der Waals surface area contributed by atoms with Gasteiger partial charge in [0.05, 0.1) is 17.4 Å². The number of ether oxygens (including phenoxy) is 1. The predicted molar refractivity (Wildman–Crippen MR) is 141 cm³/mol. The molecule has 2 atom stereocenters. The summed E-state index contributed by atoms with van der Waals surface area (Å²) in [5.74, 6) is 0.102. The molecule has 194 valence electrons.